The molecule has 0 bridgehead atoms. The second-order valence-corrected chi connectivity index (χ2v) is 5.22. The van der Waals surface area contributed by atoms with E-state index in [1.54, 1.807) is 24.3 Å². The van der Waals surface area contributed by atoms with Crippen LogP contribution in [0.15, 0.2) is 60.8 Å². The summed E-state index contributed by atoms with van der Waals surface area (Å²) in [5, 5.41) is 18.2. The van der Waals surface area contributed by atoms with Gasteiger partial charge in [-0.3, -0.25) is 9.59 Å². The first-order valence-corrected chi connectivity index (χ1v) is 8.31. The van der Waals surface area contributed by atoms with Gasteiger partial charge in [-0.1, -0.05) is 55.5 Å². The maximum Gasteiger partial charge on any atom is 0.303 e. The van der Waals surface area contributed by atoms with Crippen molar-refractivity contribution >= 4 is 11.8 Å². The van der Waals surface area contributed by atoms with Crippen LogP contribution in [0, 0.1) is 0 Å². The molecular weight excluding hydrogens is 304 g/mol. The summed E-state index contributed by atoms with van der Waals surface area (Å²) >= 11 is 0. The molecule has 4 heteroatoms. The molecular formula is C20H28O4. The van der Waals surface area contributed by atoms with Crippen LogP contribution in [0.1, 0.15) is 45.4 Å². The van der Waals surface area contributed by atoms with Gasteiger partial charge in [-0.25, -0.2) is 0 Å². The molecule has 2 N–H and O–H groups in total. The van der Waals surface area contributed by atoms with E-state index in [0.29, 0.717) is 12.8 Å². The molecule has 0 amide bonds. The van der Waals surface area contributed by atoms with E-state index >= 15 is 0 Å². The lowest BCUT2D eigenvalue weighted by atomic mass is 10.2. The molecule has 0 saturated heterocycles. The maximum absolute atomic E-state index is 11.3. The van der Waals surface area contributed by atoms with Crippen LogP contribution in [-0.4, -0.2) is 28.1 Å². The summed E-state index contributed by atoms with van der Waals surface area (Å²) < 4.78 is 0. The Bertz CT molecular complexity index is 496. The highest BCUT2D eigenvalue weighted by Gasteiger charge is 1.94. The van der Waals surface area contributed by atoms with E-state index in [1.165, 1.54) is 12.2 Å². The molecule has 0 fully saturated rings. The third-order valence-corrected chi connectivity index (χ3v) is 2.97. The quantitative estimate of drug-likeness (QED) is 0.230. The van der Waals surface area contributed by atoms with Crippen LogP contribution in [0.5, 0.6) is 0 Å². The molecule has 0 aliphatic heterocycles. The summed E-state index contributed by atoms with van der Waals surface area (Å²) in [6.45, 7) is 1.96. The normalized spacial score (nSPS) is 13.9. The first-order chi connectivity index (χ1) is 11.6. The summed E-state index contributed by atoms with van der Waals surface area (Å²) in [5.74, 6) is -0.826. The van der Waals surface area contributed by atoms with Crippen molar-refractivity contribution in [1.29, 1.82) is 0 Å². The lowest BCUT2D eigenvalue weighted by Gasteiger charge is -1.98. The van der Waals surface area contributed by atoms with Crippen molar-refractivity contribution in [3.05, 3.63) is 60.8 Å². The van der Waals surface area contributed by atoms with E-state index in [4.69, 9.17) is 5.11 Å². The van der Waals surface area contributed by atoms with Crippen molar-refractivity contribution < 1.29 is 19.8 Å². The molecule has 1 atom stereocenters. The zero-order chi connectivity index (χ0) is 18.0. The topological polar surface area (TPSA) is 74.6 Å². The number of rotatable bonds is 13. The van der Waals surface area contributed by atoms with Gasteiger partial charge in [0.1, 0.15) is 0 Å². The molecule has 24 heavy (non-hydrogen) atoms. The van der Waals surface area contributed by atoms with Gasteiger partial charge in [0.15, 0.2) is 5.78 Å². The van der Waals surface area contributed by atoms with Gasteiger partial charge in [0.25, 0.3) is 0 Å². The molecule has 0 saturated carbocycles. The van der Waals surface area contributed by atoms with Gasteiger partial charge >= 0.3 is 5.97 Å². The predicted molar refractivity (Wildman–Crippen MR) is 97.7 cm³/mol. The molecule has 0 aromatic rings. The van der Waals surface area contributed by atoms with Crippen molar-refractivity contribution in [1.82, 2.24) is 0 Å². The minimum absolute atomic E-state index is 0.0639. The van der Waals surface area contributed by atoms with Crippen LogP contribution in [0.4, 0.5) is 0 Å². The van der Waals surface area contributed by atoms with Crippen LogP contribution in [-0.2, 0) is 9.59 Å². The summed E-state index contributed by atoms with van der Waals surface area (Å²) in [4.78, 5) is 21.6. The number of hydrogen-bond donors (Lipinski definition) is 2. The average Bonchev–Trinajstić information content (AvgIpc) is 2.55. The van der Waals surface area contributed by atoms with E-state index in [1.807, 2.05) is 31.2 Å². The van der Waals surface area contributed by atoms with Crippen LogP contribution in [0.25, 0.3) is 0 Å². The number of hydrogen-bond acceptors (Lipinski definition) is 3. The number of carbonyl (C=O) groups excluding carboxylic acids is 1. The Morgan fingerprint density at radius 3 is 2.46 bits per heavy atom. The van der Waals surface area contributed by atoms with Crippen LogP contribution < -0.4 is 0 Å². The number of aliphatic carboxylic acids is 1. The number of aliphatic hydroxyl groups excluding tert-OH is 1. The first kappa shape index (κ1) is 21.8. The van der Waals surface area contributed by atoms with E-state index in [0.717, 1.165) is 19.3 Å². The van der Waals surface area contributed by atoms with Gasteiger partial charge in [0, 0.05) is 6.42 Å². The average molecular weight is 332 g/mol. The number of carboxylic acids is 1. The number of carbonyl (C=O) groups is 2. The maximum atomic E-state index is 11.3. The third kappa shape index (κ3) is 16.2. The Morgan fingerprint density at radius 1 is 1.00 bits per heavy atom. The van der Waals surface area contributed by atoms with Crippen molar-refractivity contribution in [2.75, 3.05) is 0 Å². The molecule has 0 heterocycles. The molecule has 132 valence electrons. The Labute approximate surface area is 144 Å². The van der Waals surface area contributed by atoms with Crippen molar-refractivity contribution in [2.24, 2.45) is 0 Å². The Balaban J connectivity index is 3.82. The summed E-state index contributed by atoms with van der Waals surface area (Å²) in [6, 6.07) is 0. The lowest BCUT2D eigenvalue weighted by molar-refractivity contribution is -0.137. The number of ketones is 1. The second-order valence-electron chi connectivity index (χ2n) is 5.22. The minimum atomic E-state index is -0.762. The number of unbranched alkanes of at least 4 members (excludes halogenated alkanes) is 1. The molecule has 0 aliphatic carbocycles. The predicted octanol–water partition coefficient (Wildman–Crippen LogP) is 4.14. The monoisotopic (exact) mass is 332 g/mol. The van der Waals surface area contributed by atoms with Gasteiger partial charge in [-0.15, -0.1) is 0 Å². The van der Waals surface area contributed by atoms with Crippen LogP contribution in [0.3, 0.4) is 0 Å². The van der Waals surface area contributed by atoms with Gasteiger partial charge in [0.2, 0.25) is 0 Å². The smallest absolute Gasteiger partial charge is 0.303 e. The van der Waals surface area contributed by atoms with Crippen molar-refractivity contribution in [2.45, 2.75) is 51.6 Å². The summed E-state index contributed by atoms with van der Waals surface area (Å²) in [5.41, 5.74) is 0. The zero-order valence-corrected chi connectivity index (χ0v) is 14.3. The van der Waals surface area contributed by atoms with E-state index in [-0.39, 0.29) is 12.2 Å². The van der Waals surface area contributed by atoms with Gasteiger partial charge in [-0.05, 0) is 44.3 Å². The fourth-order valence-corrected chi connectivity index (χ4v) is 1.71. The molecule has 0 radical (unpaired) electrons. The fraction of sp³-hybridized carbons (Fsp3) is 0.400. The lowest BCUT2D eigenvalue weighted by Crippen LogP contribution is -1.98. The minimum Gasteiger partial charge on any atom is -0.481 e. The van der Waals surface area contributed by atoms with Crippen molar-refractivity contribution in [3.63, 3.8) is 0 Å². The third-order valence-electron chi connectivity index (χ3n) is 2.97. The molecule has 4 nitrogen and oxygen atoms in total. The molecule has 0 spiro atoms. The fourth-order valence-electron chi connectivity index (χ4n) is 1.71. The number of aliphatic hydroxyl groups is 1. The van der Waals surface area contributed by atoms with E-state index in [2.05, 4.69) is 0 Å². The van der Waals surface area contributed by atoms with Gasteiger partial charge < -0.3 is 10.2 Å². The first-order valence-electron chi connectivity index (χ1n) is 8.31. The van der Waals surface area contributed by atoms with Crippen molar-refractivity contribution in [3.8, 4) is 0 Å². The standard InChI is InChI=1S/C20H28O4/c1-2-3-13-18(21)15-11-12-16-19(22)14-9-7-5-4-6-8-10-17-20(23)24/h3-4,6-7,9,11-13,15-16,19,22H,2,5,8,10,14,17H2,1H3,(H,23,24)/b6-4-,9-7-,13-3+,15-11+,16-12+. The summed E-state index contributed by atoms with van der Waals surface area (Å²) in [6.07, 6.45) is 20.7. The summed E-state index contributed by atoms with van der Waals surface area (Å²) in [7, 11) is 0. The molecule has 0 aromatic heterocycles. The Hall–Kier alpha value is -2.20. The second kappa shape index (κ2) is 15.7. The highest BCUT2D eigenvalue weighted by molar-refractivity contribution is 5.99. The van der Waals surface area contributed by atoms with Gasteiger partial charge in [-0.2, -0.15) is 0 Å². The number of carboxylic acid groups (broad SMARTS) is 1. The molecule has 0 rings (SSSR count). The SMILES string of the molecule is CC/C=C/C(=O)/C=C/C=C/C(O)C/C=C\C/C=C\CCCC(=O)O. The largest absolute Gasteiger partial charge is 0.481 e. The molecule has 0 aromatic carbocycles. The molecule has 0 aliphatic rings. The Kier molecular flexibility index (Phi) is 14.2. The highest BCUT2D eigenvalue weighted by Crippen LogP contribution is 2.00. The zero-order valence-electron chi connectivity index (χ0n) is 14.3. The highest BCUT2D eigenvalue weighted by atomic mass is 16.4. The Morgan fingerprint density at radius 2 is 1.75 bits per heavy atom. The molecule has 1 unspecified atom stereocenters. The van der Waals surface area contributed by atoms with Gasteiger partial charge in [0.05, 0.1) is 6.10 Å². The van der Waals surface area contributed by atoms with E-state index in [9.17, 15) is 14.7 Å². The van der Waals surface area contributed by atoms with Crippen LogP contribution >= 0.6 is 0 Å². The van der Waals surface area contributed by atoms with Crippen LogP contribution in [0.2, 0.25) is 0 Å². The van der Waals surface area contributed by atoms with E-state index < -0.39 is 12.1 Å². The number of allylic oxidation sites excluding steroid dienone is 8.